The Balaban J connectivity index is 1.23. The Hall–Kier alpha value is -8.54. The molecular weight excluding hydrogens is 843 g/mol. The standard InChI is InChI=1S/C64H5N3O2/c1-65-59(68)66-63-55-46-39-29-18-12-5-3-4-6-8-7(5)14(18)22-23-15(8)19-13(6)21-17-10(4)11-9(3)16-20(12)31(39)37-25(16)27-24(11)28-26(17)38-32(21)40-30(19)36-34(23)43-33(22)35(29)44(46)53-52(43)54-45(36)47(40)56-49(38)51-42(28)41(27)50(48(37)55)57(63)58(51)64(56,67(66)60(65)69)62(54)2-61(53,62)63/h2H2,1H3. The second-order valence-electron chi connectivity index (χ2n) is 26.2. The van der Waals surface area contributed by atoms with Gasteiger partial charge in [0.05, 0.1) is 0 Å². The first-order valence-corrected chi connectivity index (χ1v) is 25.6. The Kier molecular flexibility index (Phi) is 1.81. The molecule has 1 fully saturated rings. The molecular formula is C64H5N3O2. The van der Waals surface area contributed by atoms with Crippen molar-refractivity contribution in [1.29, 1.82) is 0 Å². The van der Waals surface area contributed by atoms with Crippen LogP contribution in [0.25, 0.3) is 269 Å². The van der Waals surface area contributed by atoms with Crippen LogP contribution in [0.3, 0.4) is 0 Å². The largest absolute Gasteiger partial charge is 0.348 e. The minimum atomic E-state index is -0.848. The Morgan fingerprint density at radius 1 is 0.232 bits per heavy atom. The van der Waals surface area contributed by atoms with E-state index in [-0.39, 0.29) is 11.4 Å². The first-order valence-electron chi connectivity index (χ1n) is 25.6. The maximum absolute atomic E-state index is 16.2. The molecule has 0 saturated heterocycles. The summed E-state index contributed by atoms with van der Waals surface area (Å²) in [5.74, 6) is 0. The summed E-state index contributed by atoms with van der Waals surface area (Å²) in [5, 5.41) is 77.6. The first-order chi connectivity index (χ1) is 34.2. The summed E-state index contributed by atoms with van der Waals surface area (Å²) in [6, 6.07) is 0. The average molecular weight is 848 g/mol. The third kappa shape index (κ3) is 1.14. The summed E-state index contributed by atoms with van der Waals surface area (Å²) in [6.45, 7) is 0. The lowest BCUT2D eigenvalue weighted by atomic mass is 9.50. The van der Waals surface area contributed by atoms with Crippen molar-refractivity contribution in [3.05, 3.63) is 54.3 Å². The van der Waals surface area contributed by atoms with Crippen molar-refractivity contribution in [3.8, 4) is 0 Å². The maximum Gasteiger partial charge on any atom is 0.348 e. The highest BCUT2D eigenvalue weighted by atomic mass is 16.2. The lowest BCUT2D eigenvalue weighted by Gasteiger charge is -2.61. The van der Waals surface area contributed by atoms with E-state index >= 15 is 9.59 Å². The van der Waals surface area contributed by atoms with Crippen LogP contribution in [0.15, 0.2) is 9.59 Å². The zero-order valence-electron chi connectivity index (χ0n) is 34.9. The van der Waals surface area contributed by atoms with Crippen molar-refractivity contribution < 1.29 is 0 Å². The molecule has 69 heavy (non-hydrogen) atoms. The second-order valence-corrected chi connectivity index (χ2v) is 26.2. The van der Waals surface area contributed by atoms with Crippen LogP contribution in [-0.4, -0.2) is 13.9 Å². The van der Waals surface area contributed by atoms with Crippen molar-refractivity contribution >= 4 is 269 Å². The van der Waals surface area contributed by atoms with Crippen LogP contribution >= 0.6 is 0 Å². The number of rotatable bonds is 0. The third-order valence-electron chi connectivity index (χ3n) is 26.7. The highest BCUT2D eigenvalue weighted by Gasteiger charge is 2.98. The molecule has 2 bridgehead atoms. The molecule has 4 atom stereocenters. The Morgan fingerprint density at radius 3 is 0.638 bits per heavy atom. The summed E-state index contributed by atoms with van der Waals surface area (Å²) < 4.78 is 6.06. The summed E-state index contributed by atoms with van der Waals surface area (Å²) >= 11 is 0. The van der Waals surface area contributed by atoms with Gasteiger partial charge in [-0.15, -0.1) is 0 Å². The van der Waals surface area contributed by atoms with Gasteiger partial charge in [0.25, 0.3) is 0 Å². The minimum Gasteiger partial charge on any atom is -0.246 e. The molecule has 7 aliphatic carbocycles. The predicted octanol–water partition coefficient (Wildman–Crippen LogP) is 13.6. The lowest BCUT2D eigenvalue weighted by Crippen LogP contribution is -2.72. The number of benzene rings is 17. The molecule has 36 rings (SSSR count). The van der Waals surface area contributed by atoms with Crippen LogP contribution in [0.4, 0.5) is 0 Å². The van der Waals surface area contributed by atoms with Gasteiger partial charge in [0.1, 0.15) is 11.1 Å². The van der Waals surface area contributed by atoms with E-state index in [0.717, 1.165) is 6.42 Å². The summed E-state index contributed by atoms with van der Waals surface area (Å²) in [7, 11) is 1.81. The lowest BCUT2D eigenvalue weighted by molar-refractivity contribution is 0.0799. The molecule has 1 saturated carbocycles. The quantitative estimate of drug-likeness (QED) is 0.143. The van der Waals surface area contributed by atoms with Crippen LogP contribution in [0.5, 0.6) is 0 Å². The molecule has 2 aliphatic heterocycles. The second kappa shape index (κ2) is 5.11. The SMILES string of the molecule is Cn1c(=O)n2n(c1=O)C13c4c5c6c7c8c9c%10c%11c%12c(c%13c%14c1c1c4c4c6c6c%15c7c7c9c9c%10c%10c%12c%12c%13c%13c%14c%14c1c1c4c6c4c6c%15c7c7c9c9c%10c%12c%10c%13c%12c%14c1c4c1c%12c%10c9c7c61)C31CC%111C582. The molecule has 0 N–H and O–H groups in total. The van der Waals surface area contributed by atoms with Crippen LogP contribution in [-0.2, 0) is 29.0 Å². The highest BCUT2D eigenvalue weighted by molar-refractivity contribution is 6.80. The minimum absolute atomic E-state index is 0.119. The van der Waals surface area contributed by atoms with Crippen molar-refractivity contribution in [2.45, 2.75) is 28.3 Å². The fraction of sp³-hybridized carbons (Fsp3) is 0.0938. The molecule has 1 aromatic heterocycles. The van der Waals surface area contributed by atoms with Gasteiger partial charge in [-0.2, -0.15) is 0 Å². The van der Waals surface area contributed by atoms with Crippen molar-refractivity contribution in [2.24, 2.45) is 7.05 Å². The molecule has 9 aliphatic rings. The summed E-state index contributed by atoms with van der Waals surface area (Å²) in [4.78, 5) is 32.5. The monoisotopic (exact) mass is 847 g/mol. The Labute approximate surface area is 371 Å². The molecule has 5 nitrogen and oxygen atoms in total. The van der Waals surface area contributed by atoms with E-state index in [1.54, 1.807) is 220 Å². The fourth-order valence-electron chi connectivity index (χ4n) is 27.0. The topological polar surface area (TPSA) is 48.9 Å². The summed E-state index contributed by atoms with van der Waals surface area (Å²) in [6.07, 6.45) is 0.984. The average Bonchev–Trinajstić information content (AvgIpc) is 4.40. The Bertz CT molecular complexity index is 7320. The van der Waals surface area contributed by atoms with Gasteiger partial charge < -0.3 is 0 Å². The van der Waals surface area contributed by atoms with E-state index < -0.39 is 21.9 Å². The van der Waals surface area contributed by atoms with E-state index in [9.17, 15) is 0 Å². The van der Waals surface area contributed by atoms with Gasteiger partial charge in [-0.05, 0) is 287 Å². The van der Waals surface area contributed by atoms with E-state index in [1.165, 1.54) is 86.9 Å². The fourth-order valence-corrected chi connectivity index (χ4v) is 27.0. The van der Waals surface area contributed by atoms with Crippen LogP contribution in [0, 0.1) is 0 Å². The molecule has 4 spiro atoms. The van der Waals surface area contributed by atoms with Gasteiger partial charge in [-0.1, -0.05) is 0 Å². The van der Waals surface area contributed by atoms with E-state index in [2.05, 4.69) is 9.36 Å². The molecule has 288 valence electrons. The number of aromatic nitrogens is 3. The number of nitrogens with zero attached hydrogens (tertiary/aromatic N) is 3. The third-order valence-corrected chi connectivity index (χ3v) is 26.7. The molecule has 0 amide bonds. The maximum atomic E-state index is 16.2. The molecule has 0 radical (unpaired) electrons. The smallest absolute Gasteiger partial charge is 0.246 e. The van der Waals surface area contributed by atoms with Gasteiger partial charge in [0, 0.05) is 40.1 Å². The Morgan fingerprint density at radius 2 is 0.406 bits per heavy atom. The van der Waals surface area contributed by atoms with Crippen molar-refractivity contribution in [2.75, 3.05) is 0 Å². The zero-order valence-corrected chi connectivity index (χ0v) is 34.9. The van der Waals surface area contributed by atoms with Gasteiger partial charge in [-0.3, -0.25) is 0 Å². The number of hydrogen-bond donors (Lipinski definition) is 0. The van der Waals surface area contributed by atoms with Gasteiger partial charge in [-0.25, -0.2) is 23.5 Å². The molecule has 3 heterocycles. The predicted molar refractivity (Wildman–Crippen MR) is 278 cm³/mol. The van der Waals surface area contributed by atoms with Crippen molar-refractivity contribution in [1.82, 2.24) is 13.9 Å². The number of hydrogen-bond acceptors (Lipinski definition) is 2. The molecule has 4 unspecified atom stereocenters. The van der Waals surface area contributed by atoms with Gasteiger partial charge >= 0.3 is 11.4 Å². The zero-order chi connectivity index (χ0) is 40.9. The van der Waals surface area contributed by atoms with Gasteiger partial charge in [0.15, 0.2) is 0 Å². The van der Waals surface area contributed by atoms with E-state index in [0.29, 0.717) is 0 Å². The van der Waals surface area contributed by atoms with Crippen LogP contribution in [0.2, 0.25) is 0 Å². The highest BCUT2D eigenvalue weighted by Crippen LogP contribution is 2.97. The first kappa shape index (κ1) is 24.5. The molecule has 5 heteroatoms. The van der Waals surface area contributed by atoms with Crippen LogP contribution < -0.4 is 11.4 Å². The molecule has 27 aromatic rings. The van der Waals surface area contributed by atoms with Crippen LogP contribution in [0.1, 0.15) is 39.8 Å². The van der Waals surface area contributed by atoms with Gasteiger partial charge in [0.2, 0.25) is 0 Å². The van der Waals surface area contributed by atoms with E-state index in [1.807, 2.05) is 7.05 Å². The molecule has 26 aromatic carbocycles. The normalized spacial score (nSPS) is 27.5. The van der Waals surface area contributed by atoms with E-state index in [4.69, 9.17) is 0 Å². The summed E-state index contributed by atoms with van der Waals surface area (Å²) in [5.41, 5.74) is 6.22. The van der Waals surface area contributed by atoms with Crippen molar-refractivity contribution in [3.63, 3.8) is 0 Å².